The van der Waals surface area contributed by atoms with Crippen LogP contribution in [-0.4, -0.2) is 62.7 Å². The van der Waals surface area contributed by atoms with Crippen molar-refractivity contribution in [2.75, 3.05) is 33.3 Å². The first-order valence-electron chi connectivity index (χ1n) is 7.16. The van der Waals surface area contributed by atoms with Crippen LogP contribution in [0.1, 0.15) is 19.3 Å². The highest BCUT2D eigenvalue weighted by molar-refractivity contribution is 4.97. The summed E-state index contributed by atoms with van der Waals surface area (Å²) in [7, 11) is 1.63. The molecule has 0 aromatic heterocycles. The monoisotopic (exact) mass is 257 g/mol. The fourth-order valence-electron chi connectivity index (χ4n) is 3.85. The largest absolute Gasteiger partial charge is 0.378 e. The maximum Gasteiger partial charge on any atom is 0.126 e. The maximum atomic E-state index is 14.0. The number of hydrogen-bond acceptors (Lipinski definition) is 4. The number of ether oxygens (including phenoxy) is 1. The minimum absolute atomic E-state index is 0.172. The Morgan fingerprint density at radius 1 is 1.28 bits per heavy atom. The highest BCUT2D eigenvalue weighted by Gasteiger charge is 2.42. The van der Waals surface area contributed by atoms with E-state index in [0.29, 0.717) is 24.5 Å². The summed E-state index contributed by atoms with van der Waals surface area (Å²) in [5.74, 6) is 0.488. The molecule has 2 N–H and O–H groups in total. The van der Waals surface area contributed by atoms with Crippen molar-refractivity contribution in [2.24, 2.45) is 5.92 Å². The normalized spacial score (nSPS) is 46.0. The van der Waals surface area contributed by atoms with E-state index >= 15 is 0 Å². The van der Waals surface area contributed by atoms with E-state index in [0.717, 1.165) is 39.0 Å². The number of fused-ring (bicyclic) bond motifs is 1. The van der Waals surface area contributed by atoms with Crippen LogP contribution in [0.25, 0.3) is 0 Å². The number of alkyl halides is 1. The summed E-state index contributed by atoms with van der Waals surface area (Å²) in [5, 5.41) is 6.96. The number of halogens is 1. The second-order valence-electron chi connectivity index (χ2n) is 5.80. The molecule has 1 aliphatic carbocycles. The van der Waals surface area contributed by atoms with Gasteiger partial charge in [-0.25, -0.2) is 4.39 Å². The van der Waals surface area contributed by atoms with Crippen LogP contribution < -0.4 is 10.6 Å². The van der Waals surface area contributed by atoms with Crippen molar-refractivity contribution in [1.82, 2.24) is 15.5 Å². The first-order chi connectivity index (χ1) is 8.79. The van der Waals surface area contributed by atoms with Crippen LogP contribution in [0.2, 0.25) is 0 Å². The van der Waals surface area contributed by atoms with E-state index in [1.807, 2.05) is 0 Å². The van der Waals surface area contributed by atoms with Gasteiger partial charge < -0.3 is 10.1 Å². The van der Waals surface area contributed by atoms with Gasteiger partial charge in [0.15, 0.2) is 0 Å². The third-order valence-electron chi connectivity index (χ3n) is 4.87. The molecule has 0 spiro atoms. The van der Waals surface area contributed by atoms with Crippen molar-refractivity contribution in [2.45, 2.75) is 43.7 Å². The molecule has 3 fully saturated rings. The lowest BCUT2D eigenvalue weighted by Crippen LogP contribution is -2.55. The third kappa shape index (κ3) is 2.29. The SMILES string of the molecule is COC1CCC(C2CNC3CNCCN32)CC1F. The summed E-state index contributed by atoms with van der Waals surface area (Å²) in [4.78, 5) is 2.54. The molecule has 0 aromatic rings. The maximum absolute atomic E-state index is 14.0. The first kappa shape index (κ1) is 12.8. The van der Waals surface area contributed by atoms with Crippen molar-refractivity contribution < 1.29 is 9.13 Å². The van der Waals surface area contributed by atoms with Gasteiger partial charge in [0.2, 0.25) is 0 Å². The Labute approximate surface area is 108 Å². The molecular weight excluding hydrogens is 233 g/mol. The molecule has 0 amide bonds. The Hall–Kier alpha value is -0.230. The zero-order valence-electron chi connectivity index (χ0n) is 11.1. The van der Waals surface area contributed by atoms with Gasteiger partial charge in [0.05, 0.1) is 12.3 Å². The van der Waals surface area contributed by atoms with Crippen LogP contribution in [0.3, 0.4) is 0 Å². The summed E-state index contributed by atoms with van der Waals surface area (Å²) in [6.45, 7) is 4.18. The molecule has 2 aliphatic heterocycles. The van der Waals surface area contributed by atoms with Crippen LogP contribution in [0.4, 0.5) is 4.39 Å². The smallest absolute Gasteiger partial charge is 0.126 e. The molecule has 3 rings (SSSR count). The van der Waals surface area contributed by atoms with Crippen molar-refractivity contribution in [1.29, 1.82) is 0 Å². The Morgan fingerprint density at radius 2 is 2.17 bits per heavy atom. The predicted molar refractivity (Wildman–Crippen MR) is 68.2 cm³/mol. The van der Waals surface area contributed by atoms with Gasteiger partial charge in [-0.1, -0.05) is 0 Å². The molecule has 5 atom stereocenters. The third-order valence-corrected chi connectivity index (χ3v) is 4.87. The van der Waals surface area contributed by atoms with Crippen molar-refractivity contribution in [3.63, 3.8) is 0 Å². The molecule has 18 heavy (non-hydrogen) atoms. The van der Waals surface area contributed by atoms with E-state index in [2.05, 4.69) is 15.5 Å². The molecule has 4 nitrogen and oxygen atoms in total. The fourth-order valence-corrected chi connectivity index (χ4v) is 3.85. The van der Waals surface area contributed by atoms with Crippen molar-refractivity contribution in [3.05, 3.63) is 0 Å². The van der Waals surface area contributed by atoms with Crippen molar-refractivity contribution in [3.8, 4) is 0 Å². The van der Waals surface area contributed by atoms with Gasteiger partial charge in [-0.15, -0.1) is 0 Å². The first-order valence-corrected chi connectivity index (χ1v) is 7.16. The average molecular weight is 257 g/mol. The second kappa shape index (κ2) is 5.41. The fraction of sp³-hybridized carbons (Fsp3) is 1.00. The molecule has 104 valence electrons. The number of rotatable bonds is 2. The number of hydrogen-bond donors (Lipinski definition) is 2. The van der Waals surface area contributed by atoms with Gasteiger partial charge >= 0.3 is 0 Å². The van der Waals surface area contributed by atoms with E-state index < -0.39 is 6.17 Å². The van der Waals surface area contributed by atoms with E-state index in [4.69, 9.17) is 4.74 Å². The summed E-state index contributed by atoms with van der Waals surface area (Å²) >= 11 is 0. The minimum atomic E-state index is -0.782. The lowest BCUT2D eigenvalue weighted by molar-refractivity contribution is -0.0235. The molecule has 1 saturated carbocycles. The number of methoxy groups -OCH3 is 1. The van der Waals surface area contributed by atoms with Gasteiger partial charge in [0, 0.05) is 39.3 Å². The van der Waals surface area contributed by atoms with Crippen molar-refractivity contribution >= 4 is 0 Å². The standard InChI is InChI=1S/C13H24FN3O/c1-18-12-3-2-9(6-10(12)14)11-7-16-13-8-15-4-5-17(11)13/h9-13,15-16H,2-8H2,1H3. The Bertz CT molecular complexity index is 291. The van der Waals surface area contributed by atoms with Gasteiger partial charge in [-0.2, -0.15) is 0 Å². The highest BCUT2D eigenvalue weighted by atomic mass is 19.1. The summed E-state index contributed by atoms with van der Waals surface area (Å²) < 4.78 is 19.2. The second-order valence-corrected chi connectivity index (χ2v) is 5.80. The lowest BCUT2D eigenvalue weighted by Gasteiger charge is -2.40. The molecule has 0 aromatic carbocycles. The summed E-state index contributed by atoms with van der Waals surface area (Å²) in [6, 6.07) is 0.521. The quantitative estimate of drug-likeness (QED) is 0.748. The lowest BCUT2D eigenvalue weighted by atomic mass is 9.81. The van der Waals surface area contributed by atoms with Gasteiger partial charge in [0.25, 0.3) is 0 Å². The van der Waals surface area contributed by atoms with E-state index in [-0.39, 0.29) is 6.10 Å². The zero-order chi connectivity index (χ0) is 12.5. The number of nitrogens with one attached hydrogen (secondary N) is 2. The van der Waals surface area contributed by atoms with Crippen LogP contribution in [0, 0.1) is 5.92 Å². The molecule has 0 bridgehead atoms. The summed E-state index contributed by atoms with van der Waals surface area (Å²) in [5.41, 5.74) is 0. The van der Waals surface area contributed by atoms with Gasteiger partial charge in [-0.05, 0) is 25.2 Å². The Morgan fingerprint density at radius 3 is 2.94 bits per heavy atom. The number of piperazine rings is 1. The van der Waals surface area contributed by atoms with E-state index in [1.54, 1.807) is 7.11 Å². The van der Waals surface area contributed by atoms with Crippen LogP contribution in [-0.2, 0) is 4.74 Å². The molecule has 3 aliphatic rings. The van der Waals surface area contributed by atoms with Crippen LogP contribution >= 0.6 is 0 Å². The molecular formula is C13H24FN3O. The zero-order valence-corrected chi connectivity index (χ0v) is 11.1. The summed E-state index contributed by atoms with van der Waals surface area (Å²) in [6.07, 6.45) is 2.14. The number of nitrogens with zero attached hydrogens (tertiary/aromatic N) is 1. The highest BCUT2D eigenvalue weighted by Crippen LogP contribution is 2.34. The predicted octanol–water partition coefficient (Wildman–Crippen LogP) is 0.343. The van der Waals surface area contributed by atoms with Gasteiger partial charge in [0.1, 0.15) is 6.17 Å². The molecule has 0 radical (unpaired) electrons. The Balaban J connectivity index is 1.62. The van der Waals surface area contributed by atoms with Gasteiger partial charge in [-0.3, -0.25) is 10.2 Å². The Kier molecular flexibility index (Phi) is 3.84. The van der Waals surface area contributed by atoms with Crippen LogP contribution in [0.15, 0.2) is 0 Å². The molecule has 5 heteroatoms. The van der Waals surface area contributed by atoms with E-state index in [1.165, 1.54) is 0 Å². The molecule has 2 heterocycles. The molecule has 2 saturated heterocycles. The minimum Gasteiger partial charge on any atom is -0.378 e. The molecule has 5 unspecified atom stereocenters. The van der Waals surface area contributed by atoms with Crippen LogP contribution in [0.5, 0.6) is 0 Å². The van der Waals surface area contributed by atoms with E-state index in [9.17, 15) is 4.39 Å². The topological polar surface area (TPSA) is 36.5 Å². The average Bonchev–Trinajstić information content (AvgIpc) is 2.82.